The molecule has 3 aromatic heterocycles. The Balaban J connectivity index is 1.75. The summed E-state index contributed by atoms with van der Waals surface area (Å²) in [5.41, 5.74) is 0.154. The van der Waals surface area contributed by atoms with Gasteiger partial charge in [0.25, 0.3) is 5.56 Å². The van der Waals surface area contributed by atoms with E-state index < -0.39 is 5.97 Å². The summed E-state index contributed by atoms with van der Waals surface area (Å²) in [5.74, 6) is 1.21. The first-order valence-electron chi connectivity index (χ1n) is 8.21. The van der Waals surface area contributed by atoms with Gasteiger partial charge in [0.2, 0.25) is 0 Å². The summed E-state index contributed by atoms with van der Waals surface area (Å²) < 4.78 is 2.11. The number of aryl methyl sites for hydroxylation is 2. The third-order valence-corrected chi connectivity index (χ3v) is 5.73. The lowest BCUT2D eigenvalue weighted by molar-refractivity contribution is 0.0701. The van der Waals surface area contributed by atoms with Crippen LogP contribution < -0.4 is 5.56 Å². The van der Waals surface area contributed by atoms with Crippen molar-refractivity contribution < 1.29 is 9.90 Å². The Morgan fingerprint density at radius 1 is 1.32 bits per heavy atom. The van der Waals surface area contributed by atoms with E-state index >= 15 is 0 Å². The number of rotatable bonds is 3. The van der Waals surface area contributed by atoms with Crippen LogP contribution >= 0.6 is 11.3 Å². The summed E-state index contributed by atoms with van der Waals surface area (Å²) in [6.45, 7) is 2.52. The highest BCUT2D eigenvalue weighted by atomic mass is 32.1. The molecule has 130 valence electrons. The lowest BCUT2D eigenvalue weighted by Gasteiger charge is -2.06. The SMILES string of the molecule is Cc1c(C(=O)O)sc2nc(Cc3nnc4n3CCCCC4)[nH]c(=O)c12. The van der Waals surface area contributed by atoms with E-state index in [4.69, 9.17) is 0 Å². The van der Waals surface area contributed by atoms with Gasteiger partial charge in [0.15, 0.2) is 0 Å². The van der Waals surface area contributed by atoms with Crippen molar-refractivity contribution in [2.45, 2.75) is 45.6 Å². The normalized spacial score (nSPS) is 14.4. The number of carbonyl (C=O) groups is 1. The summed E-state index contributed by atoms with van der Waals surface area (Å²) in [7, 11) is 0. The van der Waals surface area contributed by atoms with Crippen molar-refractivity contribution in [3.05, 3.63) is 38.3 Å². The number of H-pyrrole nitrogens is 1. The van der Waals surface area contributed by atoms with Crippen molar-refractivity contribution in [1.29, 1.82) is 0 Å². The molecular formula is C16H17N5O3S. The van der Waals surface area contributed by atoms with Crippen molar-refractivity contribution in [3.8, 4) is 0 Å². The quantitative estimate of drug-likeness (QED) is 0.738. The Morgan fingerprint density at radius 3 is 2.96 bits per heavy atom. The second-order valence-corrected chi connectivity index (χ2v) is 7.22. The summed E-state index contributed by atoms with van der Waals surface area (Å²) in [5, 5.41) is 18.1. The number of thiophene rings is 1. The zero-order chi connectivity index (χ0) is 17.6. The standard InChI is InChI=1S/C16H17N5O3S/c1-8-12-14(22)17-9(18-15(12)25-13(8)16(23)24)7-11-20-19-10-5-3-2-4-6-21(10)11/h2-7H2,1H3,(H,23,24)(H,17,18,22). The van der Waals surface area contributed by atoms with Crippen molar-refractivity contribution in [2.24, 2.45) is 0 Å². The van der Waals surface area contributed by atoms with Crippen molar-refractivity contribution in [1.82, 2.24) is 24.7 Å². The van der Waals surface area contributed by atoms with Gasteiger partial charge in [0.1, 0.15) is 27.2 Å². The number of hydrogen-bond acceptors (Lipinski definition) is 6. The summed E-state index contributed by atoms with van der Waals surface area (Å²) in [6, 6.07) is 0. The Labute approximate surface area is 146 Å². The lowest BCUT2D eigenvalue weighted by Crippen LogP contribution is -2.14. The molecule has 9 heteroatoms. The van der Waals surface area contributed by atoms with Crippen LogP contribution in [0, 0.1) is 6.92 Å². The molecule has 8 nitrogen and oxygen atoms in total. The van der Waals surface area contributed by atoms with Crippen LogP contribution in [0.25, 0.3) is 10.2 Å². The molecule has 0 unspecified atom stereocenters. The van der Waals surface area contributed by atoms with E-state index in [2.05, 4.69) is 24.7 Å². The van der Waals surface area contributed by atoms with E-state index in [0.717, 1.165) is 48.8 Å². The molecule has 1 aliphatic heterocycles. The molecule has 0 atom stereocenters. The largest absolute Gasteiger partial charge is 0.477 e. The van der Waals surface area contributed by atoms with E-state index in [0.29, 0.717) is 28.0 Å². The molecule has 0 bridgehead atoms. The van der Waals surface area contributed by atoms with Gasteiger partial charge in [-0.05, 0) is 25.3 Å². The number of nitrogens with one attached hydrogen (secondary N) is 1. The summed E-state index contributed by atoms with van der Waals surface area (Å²) >= 11 is 1.03. The molecular weight excluding hydrogens is 342 g/mol. The van der Waals surface area contributed by atoms with Crippen LogP contribution in [0.3, 0.4) is 0 Å². The van der Waals surface area contributed by atoms with Crippen LogP contribution in [0.15, 0.2) is 4.79 Å². The molecule has 0 aliphatic carbocycles. The Bertz CT molecular complexity index is 1030. The number of aromatic amines is 1. The fourth-order valence-corrected chi connectivity index (χ4v) is 4.34. The Morgan fingerprint density at radius 2 is 2.16 bits per heavy atom. The van der Waals surface area contributed by atoms with Crippen LogP contribution in [0.5, 0.6) is 0 Å². The Kier molecular flexibility index (Phi) is 3.87. The van der Waals surface area contributed by atoms with Crippen LogP contribution in [-0.4, -0.2) is 35.8 Å². The lowest BCUT2D eigenvalue weighted by atomic mass is 10.2. The predicted octanol–water partition coefficient (Wildman–Crippen LogP) is 1.90. The summed E-state index contributed by atoms with van der Waals surface area (Å²) in [6.07, 6.45) is 4.68. The van der Waals surface area contributed by atoms with Crippen LogP contribution in [0.4, 0.5) is 0 Å². The number of carboxylic acids is 1. The van der Waals surface area contributed by atoms with Crippen LogP contribution in [0.2, 0.25) is 0 Å². The number of aromatic carboxylic acids is 1. The highest BCUT2D eigenvalue weighted by Gasteiger charge is 2.20. The van der Waals surface area contributed by atoms with Gasteiger partial charge in [0.05, 0.1) is 11.8 Å². The highest BCUT2D eigenvalue weighted by molar-refractivity contribution is 7.20. The molecule has 4 rings (SSSR count). The van der Waals surface area contributed by atoms with Gasteiger partial charge < -0.3 is 14.7 Å². The number of aromatic nitrogens is 5. The molecule has 0 aromatic carbocycles. The van der Waals surface area contributed by atoms with Gasteiger partial charge in [-0.15, -0.1) is 21.5 Å². The molecule has 2 N–H and O–H groups in total. The second-order valence-electron chi connectivity index (χ2n) is 6.23. The van der Waals surface area contributed by atoms with E-state index in [1.807, 2.05) is 0 Å². The molecule has 0 radical (unpaired) electrons. The third-order valence-electron chi connectivity index (χ3n) is 4.56. The van der Waals surface area contributed by atoms with Gasteiger partial charge in [-0.25, -0.2) is 9.78 Å². The Hall–Kier alpha value is -2.55. The van der Waals surface area contributed by atoms with Crippen molar-refractivity contribution >= 4 is 27.5 Å². The van der Waals surface area contributed by atoms with Crippen LogP contribution in [-0.2, 0) is 19.4 Å². The van der Waals surface area contributed by atoms with Gasteiger partial charge in [0, 0.05) is 13.0 Å². The van der Waals surface area contributed by atoms with Crippen LogP contribution in [0.1, 0.15) is 52.0 Å². The molecule has 0 spiro atoms. The number of nitrogens with zero attached hydrogens (tertiary/aromatic N) is 4. The molecule has 1 aliphatic rings. The molecule has 0 fully saturated rings. The van der Waals surface area contributed by atoms with E-state index in [1.165, 1.54) is 6.42 Å². The maximum atomic E-state index is 12.4. The number of carboxylic acid groups (broad SMARTS) is 1. The predicted molar refractivity (Wildman–Crippen MR) is 92.3 cm³/mol. The molecule has 3 aromatic rings. The third kappa shape index (κ3) is 2.74. The van der Waals surface area contributed by atoms with Gasteiger partial charge in [-0.3, -0.25) is 4.79 Å². The zero-order valence-electron chi connectivity index (χ0n) is 13.7. The smallest absolute Gasteiger partial charge is 0.346 e. The summed E-state index contributed by atoms with van der Waals surface area (Å²) in [4.78, 5) is 31.5. The molecule has 4 heterocycles. The average molecular weight is 359 g/mol. The first kappa shape index (κ1) is 15.9. The average Bonchev–Trinajstić information content (AvgIpc) is 2.99. The van der Waals surface area contributed by atoms with E-state index in [1.54, 1.807) is 6.92 Å². The minimum Gasteiger partial charge on any atom is -0.477 e. The molecule has 0 saturated heterocycles. The molecule has 25 heavy (non-hydrogen) atoms. The van der Waals surface area contributed by atoms with E-state index in [9.17, 15) is 14.7 Å². The number of fused-ring (bicyclic) bond motifs is 2. The fraction of sp³-hybridized carbons (Fsp3) is 0.438. The first-order valence-corrected chi connectivity index (χ1v) is 9.03. The maximum Gasteiger partial charge on any atom is 0.346 e. The van der Waals surface area contributed by atoms with Crippen molar-refractivity contribution in [2.75, 3.05) is 0 Å². The number of hydrogen-bond donors (Lipinski definition) is 2. The van der Waals surface area contributed by atoms with Gasteiger partial charge in [-0.2, -0.15) is 0 Å². The first-order chi connectivity index (χ1) is 12.0. The van der Waals surface area contributed by atoms with Crippen molar-refractivity contribution in [3.63, 3.8) is 0 Å². The molecule has 0 amide bonds. The monoisotopic (exact) mass is 359 g/mol. The highest BCUT2D eigenvalue weighted by Crippen LogP contribution is 2.27. The molecule has 0 saturated carbocycles. The maximum absolute atomic E-state index is 12.4. The minimum absolute atomic E-state index is 0.154. The topological polar surface area (TPSA) is 114 Å². The fourth-order valence-electron chi connectivity index (χ4n) is 3.30. The van der Waals surface area contributed by atoms with Gasteiger partial charge >= 0.3 is 5.97 Å². The minimum atomic E-state index is -1.04. The zero-order valence-corrected chi connectivity index (χ0v) is 14.5. The van der Waals surface area contributed by atoms with Gasteiger partial charge in [-0.1, -0.05) is 6.42 Å². The van der Waals surface area contributed by atoms with E-state index in [-0.39, 0.29) is 10.4 Å². The second kappa shape index (κ2) is 6.07.